The second kappa shape index (κ2) is 5.39. The average molecular weight is 224 g/mol. The van der Waals surface area contributed by atoms with Crippen molar-refractivity contribution in [3.8, 4) is 11.5 Å². The van der Waals surface area contributed by atoms with Crippen molar-refractivity contribution >= 4 is 5.97 Å². The van der Waals surface area contributed by atoms with Gasteiger partial charge in [-0.15, -0.1) is 0 Å². The van der Waals surface area contributed by atoms with E-state index in [2.05, 4.69) is 0 Å². The largest absolute Gasteiger partial charge is 0.508 e. The van der Waals surface area contributed by atoms with Gasteiger partial charge in [0.15, 0.2) is 6.10 Å². The first-order chi connectivity index (χ1) is 7.54. The second-order valence-corrected chi connectivity index (χ2v) is 3.46. The van der Waals surface area contributed by atoms with Crippen molar-refractivity contribution in [2.45, 2.75) is 26.9 Å². The lowest BCUT2D eigenvalue weighted by Crippen LogP contribution is -2.26. The van der Waals surface area contributed by atoms with E-state index in [0.717, 1.165) is 5.56 Å². The molecule has 0 radical (unpaired) electrons. The Hall–Kier alpha value is -1.71. The molecule has 0 aliphatic carbocycles. The number of hydrogen-bond donors (Lipinski definition) is 1. The number of aryl methyl sites for hydroxylation is 1. The molecule has 0 saturated heterocycles. The van der Waals surface area contributed by atoms with Crippen LogP contribution in [0.5, 0.6) is 11.5 Å². The lowest BCUT2D eigenvalue weighted by molar-refractivity contribution is -0.150. The van der Waals surface area contributed by atoms with E-state index in [1.807, 2.05) is 0 Å². The summed E-state index contributed by atoms with van der Waals surface area (Å²) in [5.41, 5.74) is 0.774. The van der Waals surface area contributed by atoms with Crippen LogP contribution in [0.25, 0.3) is 0 Å². The highest BCUT2D eigenvalue weighted by Crippen LogP contribution is 2.23. The highest BCUT2D eigenvalue weighted by Gasteiger charge is 2.16. The smallest absolute Gasteiger partial charge is 0.347 e. The number of phenolic OH excluding ortho intramolecular Hbond substituents is 1. The van der Waals surface area contributed by atoms with Crippen molar-refractivity contribution in [1.82, 2.24) is 0 Å². The van der Waals surface area contributed by atoms with Crippen LogP contribution in [0.2, 0.25) is 0 Å². The van der Waals surface area contributed by atoms with Crippen LogP contribution in [0, 0.1) is 6.92 Å². The van der Waals surface area contributed by atoms with Crippen LogP contribution < -0.4 is 4.74 Å². The zero-order valence-corrected chi connectivity index (χ0v) is 9.69. The van der Waals surface area contributed by atoms with Crippen LogP contribution >= 0.6 is 0 Å². The lowest BCUT2D eigenvalue weighted by Gasteiger charge is -2.15. The Labute approximate surface area is 94.8 Å². The van der Waals surface area contributed by atoms with Crippen molar-refractivity contribution < 1.29 is 19.4 Å². The summed E-state index contributed by atoms with van der Waals surface area (Å²) in [4.78, 5) is 11.3. The van der Waals surface area contributed by atoms with Crippen LogP contribution in [-0.4, -0.2) is 23.8 Å². The minimum Gasteiger partial charge on any atom is -0.508 e. The van der Waals surface area contributed by atoms with Gasteiger partial charge in [-0.05, 0) is 44.5 Å². The highest BCUT2D eigenvalue weighted by atomic mass is 16.6. The summed E-state index contributed by atoms with van der Waals surface area (Å²) in [6.45, 7) is 5.51. The first-order valence-corrected chi connectivity index (χ1v) is 5.17. The maximum Gasteiger partial charge on any atom is 0.347 e. The van der Waals surface area contributed by atoms with Gasteiger partial charge in [-0.1, -0.05) is 0 Å². The Balaban J connectivity index is 2.69. The third kappa shape index (κ3) is 3.15. The molecule has 1 unspecified atom stereocenters. The van der Waals surface area contributed by atoms with Crippen molar-refractivity contribution in [3.05, 3.63) is 23.8 Å². The molecule has 0 fully saturated rings. The molecule has 1 aromatic carbocycles. The van der Waals surface area contributed by atoms with E-state index >= 15 is 0 Å². The number of ether oxygens (including phenoxy) is 2. The van der Waals surface area contributed by atoms with Gasteiger partial charge >= 0.3 is 5.97 Å². The Morgan fingerprint density at radius 2 is 2.19 bits per heavy atom. The normalized spacial score (nSPS) is 11.9. The second-order valence-electron chi connectivity index (χ2n) is 3.46. The van der Waals surface area contributed by atoms with Crippen LogP contribution in [0.15, 0.2) is 18.2 Å². The molecule has 16 heavy (non-hydrogen) atoms. The predicted molar refractivity (Wildman–Crippen MR) is 59.6 cm³/mol. The predicted octanol–water partition coefficient (Wildman–Crippen LogP) is 2.03. The molecule has 0 spiro atoms. The Morgan fingerprint density at radius 3 is 2.75 bits per heavy atom. The molecule has 0 aliphatic heterocycles. The minimum absolute atomic E-state index is 0.175. The first kappa shape index (κ1) is 12.4. The van der Waals surface area contributed by atoms with Gasteiger partial charge in [0.1, 0.15) is 11.5 Å². The van der Waals surface area contributed by atoms with E-state index in [1.54, 1.807) is 32.9 Å². The summed E-state index contributed by atoms with van der Waals surface area (Å²) in [5, 5.41) is 9.22. The van der Waals surface area contributed by atoms with Gasteiger partial charge in [0.25, 0.3) is 0 Å². The fourth-order valence-corrected chi connectivity index (χ4v) is 1.26. The van der Waals surface area contributed by atoms with Crippen molar-refractivity contribution in [2.24, 2.45) is 0 Å². The molecule has 0 saturated carbocycles. The molecule has 1 atom stereocenters. The number of esters is 1. The molecule has 0 heterocycles. The van der Waals surface area contributed by atoms with E-state index in [-0.39, 0.29) is 5.75 Å². The highest BCUT2D eigenvalue weighted by molar-refractivity contribution is 5.74. The molecule has 1 N–H and O–H groups in total. The topological polar surface area (TPSA) is 55.8 Å². The van der Waals surface area contributed by atoms with Gasteiger partial charge in [-0.3, -0.25) is 0 Å². The van der Waals surface area contributed by atoms with Crippen LogP contribution in [-0.2, 0) is 9.53 Å². The van der Waals surface area contributed by atoms with Gasteiger partial charge in [0.2, 0.25) is 0 Å². The van der Waals surface area contributed by atoms with Gasteiger partial charge < -0.3 is 14.6 Å². The summed E-state index contributed by atoms with van der Waals surface area (Å²) in [7, 11) is 0. The molecule has 1 rings (SSSR count). The molecular weight excluding hydrogens is 208 g/mol. The molecule has 0 aromatic heterocycles. The third-order valence-corrected chi connectivity index (χ3v) is 2.08. The molecule has 4 heteroatoms. The minimum atomic E-state index is -0.650. The van der Waals surface area contributed by atoms with Gasteiger partial charge in [0.05, 0.1) is 6.61 Å². The summed E-state index contributed by atoms with van der Waals surface area (Å²) in [5.74, 6) is 0.349. The monoisotopic (exact) mass is 224 g/mol. The molecule has 4 nitrogen and oxygen atoms in total. The van der Waals surface area contributed by atoms with Crippen LogP contribution in [0.3, 0.4) is 0 Å². The third-order valence-electron chi connectivity index (χ3n) is 2.08. The number of hydrogen-bond acceptors (Lipinski definition) is 4. The lowest BCUT2D eigenvalue weighted by atomic mass is 10.2. The van der Waals surface area contributed by atoms with Crippen molar-refractivity contribution in [2.75, 3.05) is 6.61 Å². The summed E-state index contributed by atoms with van der Waals surface area (Å²) in [6.07, 6.45) is -0.650. The fourth-order valence-electron chi connectivity index (χ4n) is 1.26. The van der Waals surface area contributed by atoms with Crippen molar-refractivity contribution in [1.29, 1.82) is 0 Å². The number of rotatable bonds is 4. The number of carbonyl (C=O) groups excluding carboxylic acids is 1. The maximum atomic E-state index is 11.3. The van der Waals surface area contributed by atoms with Crippen LogP contribution in [0.4, 0.5) is 0 Å². The maximum absolute atomic E-state index is 11.3. The molecule has 88 valence electrons. The summed E-state index contributed by atoms with van der Waals surface area (Å²) < 4.78 is 10.3. The van der Waals surface area contributed by atoms with Gasteiger partial charge in [0, 0.05) is 0 Å². The average Bonchev–Trinajstić information content (AvgIpc) is 2.22. The Morgan fingerprint density at radius 1 is 1.50 bits per heavy atom. The quantitative estimate of drug-likeness (QED) is 0.795. The molecular formula is C12H16O4. The standard InChI is InChI=1S/C12H16O4/c1-4-15-12(14)9(3)16-11-6-5-10(13)7-8(11)2/h5-7,9,13H,4H2,1-3H3. The zero-order chi connectivity index (χ0) is 12.1. The van der Waals surface area contributed by atoms with Crippen LogP contribution in [0.1, 0.15) is 19.4 Å². The summed E-state index contributed by atoms with van der Waals surface area (Å²) in [6, 6.07) is 4.72. The first-order valence-electron chi connectivity index (χ1n) is 5.17. The zero-order valence-electron chi connectivity index (χ0n) is 9.69. The molecule has 1 aromatic rings. The van der Waals surface area contributed by atoms with Gasteiger partial charge in [-0.25, -0.2) is 4.79 Å². The molecule has 0 bridgehead atoms. The Bertz CT molecular complexity index is 373. The van der Waals surface area contributed by atoms with E-state index < -0.39 is 12.1 Å². The SMILES string of the molecule is CCOC(=O)C(C)Oc1ccc(O)cc1C. The molecule has 0 aliphatic rings. The summed E-state index contributed by atoms with van der Waals surface area (Å²) >= 11 is 0. The number of carbonyl (C=O) groups is 1. The number of phenols is 1. The van der Waals surface area contributed by atoms with E-state index in [9.17, 15) is 9.90 Å². The van der Waals surface area contributed by atoms with Crippen molar-refractivity contribution in [3.63, 3.8) is 0 Å². The number of aromatic hydroxyl groups is 1. The van der Waals surface area contributed by atoms with E-state index in [4.69, 9.17) is 9.47 Å². The van der Waals surface area contributed by atoms with Gasteiger partial charge in [-0.2, -0.15) is 0 Å². The Kier molecular flexibility index (Phi) is 4.17. The fraction of sp³-hybridized carbons (Fsp3) is 0.417. The van der Waals surface area contributed by atoms with E-state index in [0.29, 0.717) is 12.4 Å². The van der Waals surface area contributed by atoms with E-state index in [1.165, 1.54) is 6.07 Å². The molecule has 0 amide bonds. The number of benzene rings is 1.